The van der Waals surface area contributed by atoms with Crippen LogP contribution in [0.1, 0.15) is 0 Å². The Bertz CT molecular complexity index is 3420. The Hall–Kier alpha value is -7.86. The van der Waals surface area contributed by atoms with Gasteiger partial charge in [-0.2, -0.15) is 0 Å². The molecule has 0 aliphatic rings. The van der Waals surface area contributed by atoms with Gasteiger partial charge in [0.25, 0.3) is 0 Å². The van der Waals surface area contributed by atoms with E-state index >= 15 is 0 Å². The third-order valence-corrected chi connectivity index (χ3v) is 11.1. The molecular formula is C50H29N5. The minimum atomic E-state index is 0.546. The summed E-state index contributed by atoms with van der Waals surface area (Å²) in [6.07, 6.45) is 0. The van der Waals surface area contributed by atoms with E-state index in [4.69, 9.17) is 13.1 Å². The zero-order valence-corrected chi connectivity index (χ0v) is 29.5. The van der Waals surface area contributed by atoms with Crippen molar-refractivity contribution in [2.45, 2.75) is 0 Å². The lowest BCUT2D eigenvalue weighted by Crippen LogP contribution is -1.99. The van der Waals surface area contributed by atoms with Crippen LogP contribution >= 0.6 is 0 Å². The molecule has 11 rings (SSSR count). The topological polar surface area (TPSA) is 23.5 Å². The van der Waals surface area contributed by atoms with Crippen LogP contribution in [0.15, 0.2) is 176 Å². The molecular weight excluding hydrogens is 671 g/mol. The Balaban J connectivity index is 1.18. The average molecular weight is 700 g/mol. The molecule has 5 heteroatoms. The lowest BCUT2D eigenvalue weighted by atomic mass is 10.0. The fourth-order valence-electron chi connectivity index (χ4n) is 8.79. The highest BCUT2D eigenvalue weighted by atomic mass is 15.0. The number of benzene rings is 8. The van der Waals surface area contributed by atoms with Crippen LogP contribution < -0.4 is 0 Å². The molecule has 3 aromatic heterocycles. The lowest BCUT2D eigenvalue weighted by molar-refractivity contribution is 1.17. The Morgan fingerprint density at radius 3 is 1.51 bits per heavy atom. The molecule has 0 radical (unpaired) electrons. The first-order chi connectivity index (χ1) is 27.2. The Morgan fingerprint density at radius 2 is 0.855 bits per heavy atom. The molecule has 254 valence electrons. The van der Waals surface area contributed by atoms with Gasteiger partial charge < -0.3 is 13.7 Å². The zero-order valence-electron chi connectivity index (χ0n) is 29.5. The molecule has 11 aromatic rings. The lowest BCUT2D eigenvalue weighted by Gasteiger charge is -2.17. The number of hydrogen-bond donors (Lipinski definition) is 0. The molecule has 0 saturated heterocycles. The summed E-state index contributed by atoms with van der Waals surface area (Å²) in [6, 6.07) is 61.4. The van der Waals surface area contributed by atoms with Gasteiger partial charge in [0.1, 0.15) is 0 Å². The van der Waals surface area contributed by atoms with E-state index in [1.807, 2.05) is 36.4 Å². The summed E-state index contributed by atoms with van der Waals surface area (Å²) < 4.78 is 6.95. The van der Waals surface area contributed by atoms with Gasteiger partial charge in [-0.3, -0.25) is 0 Å². The van der Waals surface area contributed by atoms with Crippen LogP contribution in [0.5, 0.6) is 0 Å². The normalized spacial score (nSPS) is 11.6. The molecule has 55 heavy (non-hydrogen) atoms. The first kappa shape index (κ1) is 30.7. The number of hydrogen-bond acceptors (Lipinski definition) is 0. The summed E-state index contributed by atoms with van der Waals surface area (Å²) in [6.45, 7) is 16.0. The van der Waals surface area contributed by atoms with E-state index < -0.39 is 0 Å². The fraction of sp³-hybridized carbons (Fsp3) is 0. The second-order valence-electron chi connectivity index (χ2n) is 13.9. The standard InChI is InChI=1S/C50H29N5/c1-51-33-27-28-38-37-17-6-11-22-44(37)55(48(38)31-33)49-30-32(26-29-40(49)52-2)34-14-3-8-19-41(34)53-45-23-12-7-18-39(45)50-46(53)24-13-25-47(50)54-42-20-9-4-15-35(42)36-16-5-10-21-43(36)54/h3-31H. The maximum atomic E-state index is 8.23. The monoisotopic (exact) mass is 699 g/mol. The van der Waals surface area contributed by atoms with Crippen LogP contribution in [-0.2, 0) is 0 Å². The van der Waals surface area contributed by atoms with Gasteiger partial charge in [0.05, 0.1) is 57.8 Å². The highest BCUT2D eigenvalue weighted by Gasteiger charge is 2.22. The van der Waals surface area contributed by atoms with Crippen molar-refractivity contribution in [2.75, 3.05) is 0 Å². The summed E-state index contributed by atoms with van der Waals surface area (Å²) in [7, 11) is 0. The zero-order chi connectivity index (χ0) is 36.6. The van der Waals surface area contributed by atoms with E-state index in [2.05, 4.69) is 163 Å². The van der Waals surface area contributed by atoms with E-state index in [0.717, 1.165) is 61.0 Å². The second-order valence-corrected chi connectivity index (χ2v) is 13.9. The molecule has 0 bridgehead atoms. The number of aromatic nitrogens is 3. The summed E-state index contributed by atoms with van der Waals surface area (Å²) in [5, 5.41) is 6.96. The third kappa shape index (κ3) is 4.39. The molecule has 0 aliphatic heterocycles. The van der Waals surface area contributed by atoms with Gasteiger partial charge in [-0.25, -0.2) is 9.69 Å². The predicted octanol–water partition coefficient (Wildman–Crippen LogP) is 13.7. The summed E-state index contributed by atoms with van der Waals surface area (Å²) >= 11 is 0. The van der Waals surface area contributed by atoms with Crippen molar-refractivity contribution < 1.29 is 0 Å². The minimum Gasteiger partial charge on any atom is -0.320 e. The molecule has 3 heterocycles. The van der Waals surface area contributed by atoms with E-state index in [1.165, 1.54) is 32.6 Å². The van der Waals surface area contributed by atoms with Crippen LogP contribution in [0, 0.1) is 13.1 Å². The van der Waals surface area contributed by atoms with Crippen molar-refractivity contribution in [1.82, 2.24) is 13.7 Å². The molecule has 0 spiro atoms. The molecule has 8 aromatic carbocycles. The van der Waals surface area contributed by atoms with E-state index in [0.29, 0.717) is 11.4 Å². The Labute approximate surface area is 316 Å². The van der Waals surface area contributed by atoms with Gasteiger partial charge in [0.2, 0.25) is 5.69 Å². The van der Waals surface area contributed by atoms with Gasteiger partial charge in [-0.1, -0.05) is 121 Å². The number of nitrogens with zero attached hydrogens (tertiary/aromatic N) is 5. The maximum Gasteiger partial charge on any atom is 0.210 e. The van der Waals surface area contributed by atoms with Crippen molar-refractivity contribution in [3.8, 4) is 28.2 Å². The van der Waals surface area contributed by atoms with Gasteiger partial charge in [0.15, 0.2) is 5.69 Å². The Morgan fingerprint density at radius 1 is 0.345 bits per heavy atom. The van der Waals surface area contributed by atoms with Crippen LogP contribution in [0.2, 0.25) is 0 Å². The molecule has 0 atom stereocenters. The van der Waals surface area contributed by atoms with Crippen LogP contribution in [-0.4, -0.2) is 13.7 Å². The van der Waals surface area contributed by atoms with Crippen LogP contribution in [0.3, 0.4) is 0 Å². The number of para-hydroxylation sites is 5. The number of rotatable bonds is 4. The first-order valence-corrected chi connectivity index (χ1v) is 18.3. The molecule has 0 unspecified atom stereocenters. The smallest absolute Gasteiger partial charge is 0.210 e. The van der Waals surface area contributed by atoms with Crippen molar-refractivity contribution in [2.24, 2.45) is 0 Å². The van der Waals surface area contributed by atoms with Crippen LogP contribution in [0.25, 0.3) is 103 Å². The SMILES string of the molecule is [C-]#[N+]c1ccc2c3ccccc3n(-c3cc(-c4ccccc4-n4c5ccccc5c5c(-n6c7ccccc7c7ccccc76)cccc54)ccc3[N+]#[C-])c2c1. The highest BCUT2D eigenvalue weighted by Crippen LogP contribution is 2.43. The molecule has 0 N–H and O–H groups in total. The molecule has 0 amide bonds. The molecule has 0 fully saturated rings. The summed E-state index contributed by atoms with van der Waals surface area (Å²) in [4.78, 5) is 7.76. The number of fused-ring (bicyclic) bond motifs is 9. The van der Waals surface area contributed by atoms with Crippen molar-refractivity contribution in [3.05, 3.63) is 199 Å². The van der Waals surface area contributed by atoms with Crippen LogP contribution in [0.4, 0.5) is 11.4 Å². The quantitative estimate of drug-likeness (QED) is 0.163. The van der Waals surface area contributed by atoms with E-state index in [-0.39, 0.29) is 0 Å². The first-order valence-electron chi connectivity index (χ1n) is 18.3. The predicted molar refractivity (Wildman–Crippen MR) is 227 cm³/mol. The maximum absolute atomic E-state index is 8.23. The molecule has 0 saturated carbocycles. The largest absolute Gasteiger partial charge is 0.320 e. The molecule has 0 aliphatic carbocycles. The van der Waals surface area contributed by atoms with Crippen molar-refractivity contribution >= 4 is 76.8 Å². The fourth-order valence-corrected chi connectivity index (χ4v) is 8.79. The summed E-state index contributed by atoms with van der Waals surface area (Å²) in [5.41, 5.74) is 12.6. The summed E-state index contributed by atoms with van der Waals surface area (Å²) in [5.74, 6) is 0. The van der Waals surface area contributed by atoms with Gasteiger partial charge in [-0.15, -0.1) is 0 Å². The van der Waals surface area contributed by atoms with Gasteiger partial charge in [0, 0.05) is 43.4 Å². The van der Waals surface area contributed by atoms with E-state index in [1.54, 1.807) is 0 Å². The van der Waals surface area contributed by atoms with E-state index in [9.17, 15) is 0 Å². The second kappa shape index (κ2) is 11.8. The van der Waals surface area contributed by atoms with Gasteiger partial charge in [-0.05, 0) is 60.2 Å². The van der Waals surface area contributed by atoms with Crippen molar-refractivity contribution in [1.29, 1.82) is 0 Å². The van der Waals surface area contributed by atoms with Gasteiger partial charge >= 0.3 is 0 Å². The Kier molecular flexibility index (Phi) is 6.61. The third-order valence-electron chi connectivity index (χ3n) is 11.1. The van der Waals surface area contributed by atoms with Crippen molar-refractivity contribution in [3.63, 3.8) is 0 Å². The minimum absolute atomic E-state index is 0.546. The highest BCUT2D eigenvalue weighted by molar-refractivity contribution is 6.17. The molecule has 5 nitrogen and oxygen atoms in total. The average Bonchev–Trinajstić information content (AvgIpc) is 3.89.